The molecule has 2 heterocycles. The van der Waals surface area contributed by atoms with Gasteiger partial charge in [0.05, 0.1) is 25.4 Å². The fourth-order valence-corrected chi connectivity index (χ4v) is 2.63. The Hall–Kier alpha value is -0.160. The predicted octanol–water partition coefficient (Wildman–Crippen LogP) is 2.56. The molecule has 0 bridgehead atoms. The predicted molar refractivity (Wildman–Crippen MR) is 68.1 cm³/mol. The van der Waals surface area contributed by atoms with E-state index < -0.39 is 11.6 Å². The van der Waals surface area contributed by atoms with E-state index in [1.807, 2.05) is 27.7 Å². The van der Waals surface area contributed by atoms with Crippen LogP contribution in [0.5, 0.6) is 0 Å². The average Bonchev–Trinajstić information content (AvgIpc) is 2.79. The summed E-state index contributed by atoms with van der Waals surface area (Å²) in [5.74, 6) is -0.140. The van der Waals surface area contributed by atoms with Crippen LogP contribution in [0, 0.1) is 11.8 Å². The quantitative estimate of drug-likeness (QED) is 0.779. The molecular weight excluding hydrogens is 232 g/mol. The largest absolute Gasteiger partial charge is 0.348 e. The molecular formula is C14H26O4. The Kier molecular flexibility index (Phi) is 3.76. The fraction of sp³-hybridized carbons (Fsp3) is 1.00. The lowest BCUT2D eigenvalue weighted by molar-refractivity contribution is -0.158. The monoisotopic (exact) mass is 258 g/mol. The molecule has 0 N–H and O–H groups in total. The third-order valence-electron chi connectivity index (χ3n) is 4.06. The Morgan fingerprint density at radius 1 is 0.778 bits per heavy atom. The zero-order chi connectivity index (χ0) is 13.6. The second-order valence-corrected chi connectivity index (χ2v) is 6.45. The van der Waals surface area contributed by atoms with Crippen molar-refractivity contribution in [1.29, 1.82) is 0 Å². The SMILES string of the molecule is CC([C@H]1COC(C)(C)O1)[C@H](C)[C@H]1COC(C)(C)O1. The van der Waals surface area contributed by atoms with Gasteiger partial charge in [0.2, 0.25) is 0 Å². The Labute approximate surface area is 110 Å². The summed E-state index contributed by atoms with van der Waals surface area (Å²) >= 11 is 0. The molecule has 2 rings (SSSR count). The lowest BCUT2D eigenvalue weighted by Crippen LogP contribution is -2.36. The van der Waals surface area contributed by atoms with Gasteiger partial charge >= 0.3 is 0 Å². The Bertz CT molecular complexity index is 270. The van der Waals surface area contributed by atoms with Gasteiger partial charge in [-0.3, -0.25) is 0 Å². The van der Waals surface area contributed by atoms with Gasteiger partial charge in [0.1, 0.15) is 0 Å². The van der Waals surface area contributed by atoms with Gasteiger partial charge in [-0.25, -0.2) is 0 Å². The average molecular weight is 258 g/mol. The van der Waals surface area contributed by atoms with E-state index >= 15 is 0 Å². The summed E-state index contributed by atoms with van der Waals surface area (Å²) in [4.78, 5) is 0. The zero-order valence-corrected chi connectivity index (χ0v) is 12.4. The molecule has 2 fully saturated rings. The fourth-order valence-electron chi connectivity index (χ4n) is 2.63. The minimum Gasteiger partial charge on any atom is -0.348 e. The van der Waals surface area contributed by atoms with Gasteiger partial charge in [-0.15, -0.1) is 0 Å². The Balaban J connectivity index is 1.92. The van der Waals surface area contributed by atoms with Gasteiger partial charge < -0.3 is 18.9 Å². The summed E-state index contributed by atoms with van der Waals surface area (Å²) in [5.41, 5.74) is 0. The van der Waals surface area contributed by atoms with Crippen LogP contribution < -0.4 is 0 Å². The summed E-state index contributed by atoms with van der Waals surface area (Å²) in [6, 6.07) is 0. The van der Waals surface area contributed by atoms with Crippen molar-refractivity contribution in [1.82, 2.24) is 0 Å². The second kappa shape index (κ2) is 4.75. The van der Waals surface area contributed by atoms with Crippen molar-refractivity contribution in [3.05, 3.63) is 0 Å². The highest BCUT2D eigenvalue weighted by Crippen LogP contribution is 2.35. The maximum atomic E-state index is 5.92. The van der Waals surface area contributed by atoms with Crippen LogP contribution in [0.15, 0.2) is 0 Å². The van der Waals surface area contributed by atoms with E-state index in [-0.39, 0.29) is 12.2 Å². The molecule has 4 nitrogen and oxygen atoms in total. The molecule has 1 unspecified atom stereocenters. The molecule has 2 saturated heterocycles. The molecule has 0 saturated carbocycles. The summed E-state index contributed by atoms with van der Waals surface area (Å²) < 4.78 is 23.1. The molecule has 2 aliphatic rings. The van der Waals surface area contributed by atoms with E-state index in [1.165, 1.54) is 0 Å². The molecule has 18 heavy (non-hydrogen) atoms. The van der Waals surface area contributed by atoms with Crippen molar-refractivity contribution in [2.75, 3.05) is 13.2 Å². The van der Waals surface area contributed by atoms with E-state index in [0.717, 1.165) is 0 Å². The second-order valence-electron chi connectivity index (χ2n) is 6.45. The Morgan fingerprint density at radius 3 is 1.33 bits per heavy atom. The molecule has 0 aliphatic carbocycles. The highest BCUT2D eigenvalue weighted by molar-refractivity contribution is 4.84. The molecule has 0 aromatic rings. The van der Waals surface area contributed by atoms with Gasteiger partial charge in [-0.2, -0.15) is 0 Å². The van der Waals surface area contributed by atoms with Crippen molar-refractivity contribution in [2.45, 2.75) is 65.3 Å². The third-order valence-corrected chi connectivity index (χ3v) is 4.06. The van der Waals surface area contributed by atoms with Crippen LogP contribution in [0.25, 0.3) is 0 Å². The van der Waals surface area contributed by atoms with E-state index in [9.17, 15) is 0 Å². The van der Waals surface area contributed by atoms with Crippen LogP contribution in [0.2, 0.25) is 0 Å². The van der Waals surface area contributed by atoms with Crippen LogP contribution in [0.1, 0.15) is 41.5 Å². The van der Waals surface area contributed by atoms with E-state index in [4.69, 9.17) is 18.9 Å². The summed E-state index contributed by atoms with van der Waals surface area (Å²) in [6.45, 7) is 13.6. The highest BCUT2D eigenvalue weighted by atomic mass is 16.7. The zero-order valence-electron chi connectivity index (χ0n) is 12.4. The van der Waals surface area contributed by atoms with Crippen LogP contribution in [-0.2, 0) is 18.9 Å². The Morgan fingerprint density at radius 2 is 1.11 bits per heavy atom. The highest BCUT2D eigenvalue weighted by Gasteiger charge is 2.42. The summed E-state index contributed by atoms with van der Waals surface area (Å²) in [7, 11) is 0. The summed E-state index contributed by atoms with van der Waals surface area (Å²) in [6.07, 6.45) is 0.282. The molecule has 0 radical (unpaired) electrons. The van der Waals surface area contributed by atoms with Gasteiger partial charge in [-0.05, 0) is 39.5 Å². The van der Waals surface area contributed by atoms with Crippen LogP contribution >= 0.6 is 0 Å². The first-order chi connectivity index (χ1) is 8.20. The first-order valence-corrected chi connectivity index (χ1v) is 6.84. The maximum absolute atomic E-state index is 5.92. The first kappa shape index (κ1) is 14.3. The number of hydrogen-bond acceptors (Lipinski definition) is 4. The summed E-state index contributed by atoms with van der Waals surface area (Å²) in [5, 5.41) is 0. The topological polar surface area (TPSA) is 36.9 Å². The van der Waals surface area contributed by atoms with Crippen LogP contribution in [0.3, 0.4) is 0 Å². The molecule has 2 aliphatic heterocycles. The minimum atomic E-state index is -0.453. The number of hydrogen-bond donors (Lipinski definition) is 0. The van der Waals surface area contributed by atoms with Crippen molar-refractivity contribution in [3.8, 4) is 0 Å². The van der Waals surface area contributed by atoms with E-state index in [2.05, 4.69) is 13.8 Å². The van der Waals surface area contributed by atoms with Crippen LogP contribution in [-0.4, -0.2) is 37.0 Å². The van der Waals surface area contributed by atoms with E-state index in [1.54, 1.807) is 0 Å². The van der Waals surface area contributed by atoms with Crippen molar-refractivity contribution in [3.63, 3.8) is 0 Å². The molecule has 0 aromatic heterocycles. The lowest BCUT2D eigenvalue weighted by Gasteiger charge is -2.29. The minimum absolute atomic E-state index is 0.141. The molecule has 0 aromatic carbocycles. The standard InChI is InChI=1S/C14H26O4/c1-9(11-7-15-13(3,4)17-11)10(2)12-8-16-14(5,6)18-12/h9-12H,7-8H2,1-6H3/t9-,10?,11+,12+/m0/s1. The molecule has 4 heteroatoms. The number of ether oxygens (including phenoxy) is 4. The smallest absolute Gasteiger partial charge is 0.163 e. The number of rotatable bonds is 3. The third kappa shape index (κ3) is 3.05. The molecule has 0 amide bonds. The molecule has 4 atom stereocenters. The van der Waals surface area contributed by atoms with Crippen molar-refractivity contribution < 1.29 is 18.9 Å². The van der Waals surface area contributed by atoms with Gasteiger partial charge in [0.15, 0.2) is 11.6 Å². The lowest BCUT2D eigenvalue weighted by atomic mass is 9.87. The van der Waals surface area contributed by atoms with Gasteiger partial charge in [-0.1, -0.05) is 13.8 Å². The first-order valence-electron chi connectivity index (χ1n) is 6.84. The molecule has 0 spiro atoms. The van der Waals surface area contributed by atoms with Crippen molar-refractivity contribution in [2.24, 2.45) is 11.8 Å². The molecule has 106 valence electrons. The van der Waals surface area contributed by atoms with Gasteiger partial charge in [0.25, 0.3) is 0 Å². The van der Waals surface area contributed by atoms with E-state index in [0.29, 0.717) is 25.0 Å². The normalized spacial score (nSPS) is 37.7. The van der Waals surface area contributed by atoms with Gasteiger partial charge in [0, 0.05) is 0 Å². The maximum Gasteiger partial charge on any atom is 0.163 e. The van der Waals surface area contributed by atoms with Crippen LogP contribution in [0.4, 0.5) is 0 Å². The van der Waals surface area contributed by atoms with Crippen molar-refractivity contribution >= 4 is 0 Å².